The Labute approximate surface area is 125 Å². The number of hydrogen-bond acceptors (Lipinski definition) is 2. The van der Waals surface area contributed by atoms with Crippen LogP contribution >= 0.6 is 0 Å². The molecule has 0 amide bonds. The summed E-state index contributed by atoms with van der Waals surface area (Å²) in [5.74, 6) is 0. The van der Waals surface area contributed by atoms with E-state index in [1.807, 2.05) is 0 Å². The fourth-order valence-electron chi connectivity index (χ4n) is 3.34. The molecule has 0 saturated heterocycles. The van der Waals surface area contributed by atoms with Crippen molar-refractivity contribution in [2.24, 2.45) is 0 Å². The highest BCUT2D eigenvalue weighted by molar-refractivity contribution is 5.27. The minimum absolute atomic E-state index is 0.145. The quantitative estimate of drug-likeness (QED) is 0.771. The van der Waals surface area contributed by atoms with Crippen molar-refractivity contribution in [3.8, 4) is 0 Å². The van der Waals surface area contributed by atoms with E-state index in [1.54, 1.807) is 0 Å². The van der Waals surface area contributed by atoms with Crippen LogP contribution in [0.2, 0.25) is 0 Å². The maximum atomic E-state index is 3.55. The van der Waals surface area contributed by atoms with Crippen LogP contribution in [0.3, 0.4) is 0 Å². The van der Waals surface area contributed by atoms with Gasteiger partial charge in [0.2, 0.25) is 0 Å². The van der Waals surface area contributed by atoms with Crippen LogP contribution in [0.5, 0.6) is 0 Å². The SMILES string of the molecule is CCc1ccc(C(NC)C(C)(CC)N(CC)CC)cc1. The maximum absolute atomic E-state index is 3.55. The number of likely N-dealkylation sites (N-methyl/N-ethyl adjacent to an activating group) is 2. The van der Waals surface area contributed by atoms with Crippen LogP contribution in [0.1, 0.15) is 58.2 Å². The summed E-state index contributed by atoms with van der Waals surface area (Å²) in [6.45, 7) is 13.6. The number of hydrogen-bond donors (Lipinski definition) is 1. The van der Waals surface area contributed by atoms with Crippen molar-refractivity contribution in [3.63, 3.8) is 0 Å². The highest BCUT2D eigenvalue weighted by Gasteiger charge is 2.36. The molecule has 0 bridgehead atoms. The van der Waals surface area contributed by atoms with Gasteiger partial charge in [0, 0.05) is 5.54 Å². The molecule has 1 aromatic rings. The minimum atomic E-state index is 0.145. The Morgan fingerprint density at radius 2 is 1.60 bits per heavy atom. The van der Waals surface area contributed by atoms with Crippen LogP contribution in [0, 0.1) is 0 Å². The first-order chi connectivity index (χ1) is 9.57. The summed E-state index contributed by atoms with van der Waals surface area (Å²) in [5.41, 5.74) is 2.94. The van der Waals surface area contributed by atoms with Crippen molar-refractivity contribution < 1.29 is 0 Å². The normalized spacial score (nSPS) is 16.1. The predicted octanol–water partition coefficient (Wildman–Crippen LogP) is 4.02. The largest absolute Gasteiger partial charge is 0.311 e. The molecule has 2 nitrogen and oxygen atoms in total. The van der Waals surface area contributed by atoms with Crippen molar-refractivity contribution in [1.82, 2.24) is 10.2 Å². The average Bonchev–Trinajstić information content (AvgIpc) is 2.49. The van der Waals surface area contributed by atoms with Gasteiger partial charge in [0.1, 0.15) is 0 Å². The summed E-state index contributed by atoms with van der Waals surface area (Å²) in [6.07, 6.45) is 2.24. The van der Waals surface area contributed by atoms with Gasteiger partial charge in [0.15, 0.2) is 0 Å². The second kappa shape index (κ2) is 7.80. The van der Waals surface area contributed by atoms with Crippen molar-refractivity contribution in [1.29, 1.82) is 0 Å². The van der Waals surface area contributed by atoms with Crippen LogP contribution < -0.4 is 5.32 Å². The summed E-state index contributed by atoms with van der Waals surface area (Å²) in [6, 6.07) is 9.46. The van der Waals surface area contributed by atoms with Crippen LogP contribution in [-0.2, 0) is 6.42 Å². The summed E-state index contributed by atoms with van der Waals surface area (Å²) in [7, 11) is 2.08. The van der Waals surface area contributed by atoms with E-state index in [1.165, 1.54) is 11.1 Å². The molecule has 2 heteroatoms. The Kier molecular flexibility index (Phi) is 6.70. The molecule has 0 aliphatic carbocycles. The van der Waals surface area contributed by atoms with E-state index in [0.717, 1.165) is 25.9 Å². The zero-order valence-electron chi connectivity index (χ0n) is 14.2. The maximum Gasteiger partial charge on any atom is 0.0501 e. The molecular weight excluding hydrogens is 244 g/mol. The molecule has 0 radical (unpaired) electrons. The van der Waals surface area contributed by atoms with Crippen LogP contribution in [-0.4, -0.2) is 30.6 Å². The first-order valence-corrected chi connectivity index (χ1v) is 8.08. The molecule has 0 heterocycles. The van der Waals surface area contributed by atoms with Crippen LogP contribution in [0.15, 0.2) is 24.3 Å². The highest BCUT2D eigenvalue weighted by atomic mass is 15.2. The third-order valence-corrected chi connectivity index (χ3v) is 4.83. The fourth-order valence-corrected chi connectivity index (χ4v) is 3.34. The molecule has 20 heavy (non-hydrogen) atoms. The lowest BCUT2D eigenvalue weighted by atomic mass is 9.82. The monoisotopic (exact) mass is 276 g/mol. The Morgan fingerprint density at radius 3 is 1.95 bits per heavy atom. The summed E-state index contributed by atoms with van der Waals surface area (Å²) in [5, 5.41) is 3.55. The van der Waals surface area contributed by atoms with E-state index in [0.29, 0.717) is 6.04 Å². The lowest BCUT2D eigenvalue weighted by Gasteiger charge is -2.46. The zero-order chi connectivity index (χ0) is 15.2. The van der Waals surface area contributed by atoms with Crippen LogP contribution in [0.25, 0.3) is 0 Å². The van der Waals surface area contributed by atoms with E-state index in [2.05, 4.69) is 76.1 Å². The number of rotatable bonds is 8. The Morgan fingerprint density at radius 1 is 1.05 bits per heavy atom. The molecule has 2 unspecified atom stereocenters. The van der Waals surface area contributed by atoms with Gasteiger partial charge in [-0.3, -0.25) is 4.90 Å². The van der Waals surface area contributed by atoms with E-state index >= 15 is 0 Å². The average molecular weight is 276 g/mol. The first kappa shape index (κ1) is 17.2. The highest BCUT2D eigenvalue weighted by Crippen LogP contribution is 2.34. The van der Waals surface area contributed by atoms with Crippen molar-refractivity contribution in [3.05, 3.63) is 35.4 Å². The van der Waals surface area contributed by atoms with E-state index in [-0.39, 0.29) is 5.54 Å². The smallest absolute Gasteiger partial charge is 0.0501 e. The molecule has 1 rings (SSSR count). The molecule has 114 valence electrons. The molecule has 0 saturated carbocycles. The molecule has 0 spiro atoms. The first-order valence-electron chi connectivity index (χ1n) is 8.08. The van der Waals surface area contributed by atoms with Gasteiger partial charge in [0.05, 0.1) is 6.04 Å². The van der Waals surface area contributed by atoms with E-state index in [4.69, 9.17) is 0 Å². The molecule has 0 aliphatic heterocycles. The summed E-state index contributed by atoms with van der Waals surface area (Å²) >= 11 is 0. The lowest BCUT2D eigenvalue weighted by molar-refractivity contribution is 0.0728. The summed E-state index contributed by atoms with van der Waals surface area (Å²) in [4.78, 5) is 2.57. The van der Waals surface area contributed by atoms with Crippen molar-refractivity contribution in [2.75, 3.05) is 20.1 Å². The van der Waals surface area contributed by atoms with Gasteiger partial charge in [-0.05, 0) is 51.0 Å². The predicted molar refractivity (Wildman–Crippen MR) is 89.2 cm³/mol. The molecule has 2 atom stereocenters. The number of aryl methyl sites for hydroxylation is 1. The molecular formula is C18H32N2. The van der Waals surface area contributed by atoms with Gasteiger partial charge >= 0.3 is 0 Å². The Bertz CT molecular complexity index is 381. The second-order valence-electron chi connectivity index (χ2n) is 5.70. The number of benzene rings is 1. The molecule has 0 aliphatic rings. The van der Waals surface area contributed by atoms with Crippen molar-refractivity contribution >= 4 is 0 Å². The number of nitrogens with zero attached hydrogens (tertiary/aromatic N) is 1. The Balaban J connectivity index is 3.12. The van der Waals surface area contributed by atoms with Gasteiger partial charge in [0.25, 0.3) is 0 Å². The topological polar surface area (TPSA) is 15.3 Å². The Hall–Kier alpha value is -0.860. The van der Waals surface area contributed by atoms with Gasteiger partial charge in [-0.15, -0.1) is 0 Å². The van der Waals surface area contributed by atoms with E-state index < -0.39 is 0 Å². The van der Waals surface area contributed by atoms with Gasteiger partial charge in [-0.1, -0.05) is 52.0 Å². The van der Waals surface area contributed by atoms with Gasteiger partial charge in [-0.25, -0.2) is 0 Å². The summed E-state index contributed by atoms with van der Waals surface area (Å²) < 4.78 is 0. The lowest BCUT2D eigenvalue weighted by Crippen LogP contribution is -2.53. The molecule has 0 fully saturated rings. The third kappa shape index (κ3) is 3.42. The second-order valence-corrected chi connectivity index (χ2v) is 5.70. The zero-order valence-corrected chi connectivity index (χ0v) is 14.2. The van der Waals surface area contributed by atoms with Crippen molar-refractivity contribution in [2.45, 2.75) is 59.0 Å². The minimum Gasteiger partial charge on any atom is -0.311 e. The standard InChI is InChI=1S/C18H32N2/c1-7-15-11-13-16(14-12-15)17(19-6)18(5,8-2)20(9-3)10-4/h11-14,17,19H,7-10H2,1-6H3. The third-order valence-electron chi connectivity index (χ3n) is 4.83. The van der Waals surface area contributed by atoms with Gasteiger partial charge < -0.3 is 5.32 Å². The fraction of sp³-hybridized carbons (Fsp3) is 0.667. The van der Waals surface area contributed by atoms with Gasteiger partial charge in [-0.2, -0.15) is 0 Å². The molecule has 1 N–H and O–H groups in total. The van der Waals surface area contributed by atoms with Crippen LogP contribution in [0.4, 0.5) is 0 Å². The molecule has 0 aromatic heterocycles. The number of nitrogens with one attached hydrogen (secondary N) is 1. The molecule has 1 aromatic carbocycles. The van der Waals surface area contributed by atoms with E-state index in [9.17, 15) is 0 Å².